The molecule has 0 bridgehead atoms. The van der Waals surface area contributed by atoms with Gasteiger partial charge in [-0.25, -0.2) is 0 Å². The maximum Gasteiger partial charge on any atom is 0.176 e. The Bertz CT molecular complexity index is 1090. The van der Waals surface area contributed by atoms with Crippen molar-refractivity contribution in [2.75, 3.05) is 46.9 Å². The number of hydrogen-bond acceptors (Lipinski definition) is 5. The monoisotopic (exact) mass is 428 g/mol. The third-order valence-electron chi connectivity index (χ3n) is 6.65. The smallest absolute Gasteiger partial charge is 0.176 e. The molecule has 2 aliphatic rings. The van der Waals surface area contributed by atoms with Gasteiger partial charge in [0.15, 0.2) is 17.3 Å². The van der Waals surface area contributed by atoms with Gasteiger partial charge in [0.1, 0.15) is 0 Å². The number of methoxy groups -OCH3 is 2. The average molecular weight is 429 g/mol. The van der Waals surface area contributed by atoms with Crippen LogP contribution in [0.15, 0.2) is 66.7 Å². The molecule has 164 valence electrons. The number of benzene rings is 3. The van der Waals surface area contributed by atoms with Crippen molar-refractivity contribution in [3.8, 4) is 22.6 Å². The number of fused-ring (bicyclic) bond motifs is 3. The van der Waals surface area contributed by atoms with Crippen LogP contribution in [0.25, 0.3) is 11.1 Å². The van der Waals surface area contributed by atoms with Crippen molar-refractivity contribution in [3.63, 3.8) is 0 Å². The van der Waals surface area contributed by atoms with Crippen molar-refractivity contribution in [2.24, 2.45) is 0 Å². The van der Waals surface area contributed by atoms with Gasteiger partial charge in [0, 0.05) is 31.7 Å². The van der Waals surface area contributed by atoms with Gasteiger partial charge >= 0.3 is 0 Å². The lowest BCUT2D eigenvalue weighted by molar-refractivity contribution is 0.0811. The Morgan fingerprint density at radius 1 is 0.812 bits per heavy atom. The lowest BCUT2D eigenvalue weighted by atomic mass is 10.0. The molecule has 0 unspecified atom stereocenters. The van der Waals surface area contributed by atoms with Gasteiger partial charge in [-0.15, -0.1) is 0 Å². The van der Waals surface area contributed by atoms with Crippen LogP contribution in [0.1, 0.15) is 27.5 Å². The Morgan fingerprint density at radius 3 is 2.00 bits per heavy atom. The Hall–Kier alpha value is -3.15. The molecule has 5 heteroatoms. The highest BCUT2D eigenvalue weighted by molar-refractivity contribution is 5.98. The SMILES string of the molecule is COc1ccc(C(=O)CN2CCN(C3c4ccccc4-c4ccccc43)CC2)cc1OC. The zero-order valence-corrected chi connectivity index (χ0v) is 18.6. The van der Waals surface area contributed by atoms with Gasteiger partial charge in [0.05, 0.1) is 26.8 Å². The maximum atomic E-state index is 12.9. The van der Waals surface area contributed by atoms with Crippen LogP contribution in [-0.4, -0.2) is 62.5 Å². The second-order valence-electron chi connectivity index (χ2n) is 8.38. The van der Waals surface area contributed by atoms with E-state index in [-0.39, 0.29) is 5.78 Å². The van der Waals surface area contributed by atoms with Crippen LogP contribution in [0.3, 0.4) is 0 Å². The average Bonchev–Trinajstić information content (AvgIpc) is 3.18. The fourth-order valence-corrected chi connectivity index (χ4v) is 5.01. The van der Waals surface area contributed by atoms with Crippen LogP contribution in [0.2, 0.25) is 0 Å². The van der Waals surface area contributed by atoms with Crippen LogP contribution < -0.4 is 9.47 Å². The quantitative estimate of drug-likeness (QED) is 0.549. The zero-order valence-electron chi connectivity index (χ0n) is 18.6. The molecule has 0 saturated carbocycles. The lowest BCUT2D eigenvalue weighted by Crippen LogP contribution is -2.48. The molecule has 0 aromatic heterocycles. The summed E-state index contributed by atoms with van der Waals surface area (Å²) in [4.78, 5) is 17.7. The summed E-state index contributed by atoms with van der Waals surface area (Å²) in [5, 5.41) is 0. The molecule has 5 rings (SSSR count). The largest absolute Gasteiger partial charge is 0.493 e. The molecule has 3 aromatic rings. The molecule has 32 heavy (non-hydrogen) atoms. The van der Waals surface area contributed by atoms with Crippen molar-refractivity contribution < 1.29 is 14.3 Å². The minimum Gasteiger partial charge on any atom is -0.493 e. The van der Waals surface area contributed by atoms with Crippen LogP contribution in [-0.2, 0) is 0 Å². The first kappa shape index (κ1) is 20.7. The summed E-state index contributed by atoms with van der Waals surface area (Å²) in [5.74, 6) is 1.33. The second-order valence-corrected chi connectivity index (χ2v) is 8.38. The summed E-state index contributed by atoms with van der Waals surface area (Å²) in [6.45, 7) is 4.04. The van der Waals surface area contributed by atoms with E-state index in [0.29, 0.717) is 29.6 Å². The fraction of sp³-hybridized carbons (Fsp3) is 0.296. The number of nitrogens with zero attached hydrogens (tertiary/aromatic N) is 2. The standard InChI is InChI=1S/C27H28N2O3/c1-31-25-12-11-19(17-26(25)32-2)24(30)18-28-13-15-29(16-14-28)27-22-9-5-3-7-20(22)21-8-4-6-10-23(21)27/h3-12,17,27H,13-16,18H2,1-2H3. The number of piperazine rings is 1. The predicted molar refractivity (Wildman–Crippen MR) is 126 cm³/mol. The molecular formula is C27H28N2O3. The molecule has 1 aliphatic heterocycles. The number of rotatable bonds is 6. The summed E-state index contributed by atoms with van der Waals surface area (Å²) in [5.41, 5.74) is 6.13. The van der Waals surface area contributed by atoms with Crippen molar-refractivity contribution in [1.82, 2.24) is 9.80 Å². The molecule has 5 nitrogen and oxygen atoms in total. The Labute approximate surface area is 189 Å². The number of carbonyl (C=O) groups is 1. The van der Waals surface area contributed by atoms with Crippen molar-refractivity contribution in [1.29, 1.82) is 0 Å². The molecule has 0 amide bonds. The topological polar surface area (TPSA) is 42.0 Å². The minimum absolute atomic E-state index is 0.107. The highest BCUT2D eigenvalue weighted by atomic mass is 16.5. The zero-order chi connectivity index (χ0) is 22.1. The van der Waals surface area contributed by atoms with E-state index in [1.54, 1.807) is 26.4 Å². The van der Waals surface area contributed by atoms with Crippen molar-refractivity contribution in [2.45, 2.75) is 6.04 Å². The second kappa shape index (κ2) is 8.77. The van der Waals surface area contributed by atoms with Crippen LogP contribution >= 0.6 is 0 Å². The highest BCUT2D eigenvalue weighted by Gasteiger charge is 2.34. The van der Waals surface area contributed by atoms with E-state index in [1.807, 2.05) is 6.07 Å². The molecule has 1 fully saturated rings. The van der Waals surface area contributed by atoms with E-state index < -0.39 is 0 Å². The molecule has 0 atom stereocenters. The van der Waals surface area contributed by atoms with E-state index in [1.165, 1.54) is 22.3 Å². The summed E-state index contributed by atoms with van der Waals surface area (Å²) >= 11 is 0. The number of ether oxygens (including phenoxy) is 2. The number of ketones is 1. The van der Waals surface area contributed by atoms with E-state index in [2.05, 4.69) is 58.3 Å². The molecule has 3 aromatic carbocycles. The number of Topliss-reactive ketones (excluding diaryl/α,β-unsaturated/α-hetero) is 1. The Morgan fingerprint density at radius 2 is 1.41 bits per heavy atom. The Kier molecular flexibility index (Phi) is 5.68. The first-order valence-corrected chi connectivity index (χ1v) is 11.1. The molecule has 1 heterocycles. The van der Waals surface area contributed by atoms with Crippen LogP contribution in [0, 0.1) is 0 Å². The molecule has 0 spiro atoms. The van der Waals surface area contributed by atoms with Gasteiger partial charge in [-0.3, -0.25) is 14.6 Å². The summed E-state index contributed by atoms with van der Waals surface area (Å²) in [6, 6.07) is 23.1. The van der Waals surface area contributed by atoms with Gasteiger partial charge in [0.2, 0.25) is 0 Å². The van der Waals surface area contributed by atoms with E-state index in [9.17, 15) is 4.79 Å². The third kappa shape index (κ3) is 3.68. The molecule has 1 aliphatic carbocycles. The first-order chi connectivity index (χ1) is 15.7. The normalized spacial score (nSPS) is 16.4. The van der Waals surface area contributed by atoms with Crippen molar-refractivity contribution in [3.05, 3.63) is 83.4 Å². The third-order valence-corrected chi connectivity index (χ3v) is 6.65. The summed E-state index contributed by atoms with van der Waals surface area (Å²) in [6.07, 6.45) is 0. The van der Waals surface area contributed by atoms with Crippen LogP contribution in [0.5, 0.6) is 11.5 Å². The lowest BCUT2D eigenvalue weighted by Gasteiger charge is -2.38. The van der Waals surface area contributed by atoms with Crippen LogP contribution in [0.4, 0.5) is 0 Å². The van der Waals surface area contributed by atoms with Gasteiger partial charge in [-0.05, 0) is 40.5 Å². The molecule has 0 N–H and O–H groups in total. The van der Waals surface area contributed by atoms with E-state index >= 15 is 0 Å². The highest BCUT2D eigenvalue weighted by Crippen LogP contribution is 2.46. The molecular weight excluding hydrogens is 400 g/mol. The fourth-order valence-electron chi connectivity index (χ4n) is 5.01. The van der Waals surface area contributed by atoms with E-state index in [0.717, 1.165) is 26.2 Å². The number of carbonyl (C=O) groups excluding carboxylic acids is 1. The van der Waals surface area contributed by atoms with Gasteiger partial charge in [0.25, 0.3) is 0 Å². The minimum atomic E-state index is 0.107. The van der Waals surface area contributed by atoms with Gasteiger partial charge in [-0.2, -0.15) is 0 Å². The van der Waals surface area contributed by atoms with Gasteiger partial charge < -0.3 is 9.47 Å². The number of hydrogen-bond donors (Lipinski definition) is 0. The predicted octanol–water partition coefficient (Wildman–Crippen LogP) is 4.27. The van der Waals surface area contributed by atoms with Crippen molar-refractivity contribution >= 4 is 5.78 Å². The molecule has 0 radical (unpaired) electrons. The summed E-state index contributed by atoms with van der Waals surface area (Å²) in [7, 11) is 3.19. The Balaban J connectivity index is 1.27. The van der Waals surface area contributed by atoms with Gasteiger partial charge in [-0.1, -0.05) is 48.5 Å². The molecule has 1 saturated heterocycles. The summed E-state index contributed by atoms with van der Waals surface area (Å²) < 4.78 is 10.6. The van der Waals surface area contributed by atoms with E-state index in [4.69, 9.17) is 9.47 Å². The maximum absolute atomic E-state index is 12.9. The first-order valence-electron chi connectivity index (χ1n) is 11.1.